The lowest BCUT2D eigenvalue weighted by Gasteiger charge is -2.27. The molecule has 0 bridgehead atoms. The number of fused-ring (bicyclic) bond motifs is 3. The summed E-state index contributed by atoms with van der Waals surface area (Å²) >= 11 is 1.69. The molecule has 1 saturated carbocycles. The van der Waals surface area contributed by atoms with Crippen molar-refractivity contribution in [1.82, 2.24) is 14.9 Å². The molecule has 3 aliphatic rings. The van der Waals surface area contributed by atoms with Crippen molar-refractivity contribution < 1.29 is 14.4 Å². The van der Waals surface area contributed by atoms with E-state index >= 15 is 0 Å². The Morgan fingerprint density at radius 2 is 1.79 bits per heavy atom. The SMILES string of the molecule is CCN(CC)c1ccc2cc(C(=O)Nc3ccc4[nH]c(C(=O)N5CC6CC67C5=CC(=O)c5cc(C)sc57)cc4c3)[nH]c2c1. The van der Waals surface area contributed by atoms with Gasteiger partial charge in [-0.1, -0.05) is 6.07 Å². The summed E-state index contributed by atoms with van der Waals surface area (Å²) in [5, 5.41) is 4.80. The number of benzene rings is 2. The number of nitrogens with one attached hydrogen (secondary N) is 3. The minimum absolute atomic E-state index is 0.0124. The Labute approximate surface area is 252 Å². The molecule has 43 heavy (non-hydrogen) atoms. The predicted octanol–water partition coefficient (Wildman–Crippen LogP) is 6.61. The largest absolute Gasteiger partial charge is 0.372 e. The molecule has 9 heteroatoms. The second-order valence-corrected chi connectivity index (χ2v) is 13.1. The van der Waals surface area contributed by atoms with Gasteiger partial charge in [-0.15, -0.1) is 11.3 Å². The third kappa shape index (κ3) is 3.84. The van der Waals surface area contributed by atoms with Crippen LogP contribution in [0.3, 0.4) is 0 Å². The van der Waals surface area contributed by atoms with Crippen LogP contribution in [0.25, 0.3) is 21.8 Å². The molecule has 2 atom stereocenters. The third-order valence-corrected chi connectivity index (χ3v) is 10.6. The Bertz CT molecular complexity index is 2040. The Balaban J connectivity index is 1.02. The summed E-state index contributed by atoms with van der Waals surface area (Å²) in [5.41, 5.74) is 5.90. The molecule has 216 valence electrons. The molecule has 5 aromatic rings. The summed E-state index contributed by atoms with van der Waals surface area (Å²) in [6.07, 6.45) is 2.68. The highest BCUT2D eigenvalue weighted by Crippen LogP contribution is 2.68. The predicted molar refractivity (Wildman–Crippen MR) is 170 cm³/mol. The molecule has 4 heterocycles. The quantitative estimate of drug-likeness (QED) is 0.207. The van der Waals surface area contributed by atoms with Crippen molar-refractivity contribution >= 4 is 62.1 Å². The maximum absolute atomic E-state index is 13.8. The van der Waals surface area contributed by atoms with Crippen molar-refractivity contribution in [1.29, 1.82) is 0 Å². The molecule has 2 aliphatic carbocycles. The molecule has 2 unspecified atom stereocenters. The van der Waals surface area contributed by atoms with Crippen LogP contribution in [-0.2, 0) is 5.41 Å². The van der Waals surface area contributed by atoms with Crippen LogP contribution in [0.4, 0.5) is 11.4 Å². The van der Waals surface area contributed by atoms with Gasteiger partial charge < -0.3 is 25.1 Å². The number of anilines is 2. The average Bonchev–Trinajstić information content (AvgIpc) is 3.44. The van der Waals surface area contributed by atoms with Crippen LogP contribution in [0.5, 0.6) is 0 Å². The Morgan fingerprint density at radius 1 is 1.00 bits per heavy atom. The number of hydrogen-bond acceptors (Lipinski definition) is 5. The van der Waals surface area contributed by atoms with E-state index in [2.05, 4.69) is 46.2 Å². The third-order valence-electron chi connectivity index (χ3n) is 9.38. The van der Waals surface area contributed by atoms with Crippen LogP contribution in [-0.4, -0.2) is 52.1 Å². The zero-order valence-corrected chi connectivity index (χ0v) is 25.0. The number of nitrogens with zero attached hydrogens (tertiary/aromatic N) is 2. The maximum Gasteiger partial charge on any atom is 0.274 e. The Kier molecular flexibility index (Phi) is 5.56. The smallest absolute Gasteiger partial charge is 0.274 e. The second-order valence-electron chi connectivity index (χ2n) is 11.8. The number of ketones is 1. The molecule has 1 aliphatic heterocycles. The van der Waals surface area contributed by atoms with Crippen molar-refractivity contribution in [2.45, 2.75) is 32.6 Å². The lowest BCUT2D eigenvalue weighted by molar-refractivity contribution is 0.0806. The topological polar surface area (TPSA) is 101 Å². The average molecular weight is 590 g/mol. The zero-order valence-electron chi connectivity index (χ0n) is 24.2. The minimum Gasteiger partial charge on any atom is -0.372 e. The van der Waals surface area contributed by atoms with Gasteiger partial charge in [-0.3, -0.25) is 14.4 Å². The van der Waals surface area contributed by atoms with Crippen molar-refractivity contribution in [3.8, 4) is 0 Å². The van der Waals surface area contributed by atoms with Gasteiger partial charge in [0.25, 0.3) is 11.8 Å². The Hall–Kier alpha value is -4.63. The van der Waals surface area contributed by atoms with Gasteiger partial charge in [-0.2, -0.15) is 0 Å². The fraction of sp³-hybridized carbons (Fsp3) is 0.265. The minimum atomic E-state index is -0.231. The number of amides is 2. The standard InChI is InChI=1S/C34H31N5O3S/c1-4-38(5-2)23-8-6-19-12-27(37-26(19)14-23)32(41)35-22-7-9-25-20(11-22)13-28(36-25)33(42)39-17-21-16-34(21)30(39)15-29(40)24-10-18(3)43-31(24)34/h6-15,21,36-37H,4-5,16-17H2,1-3H3,(H,35,41). The summed E-state index contributed by atoms with van der Waals surface area (Å²) in [7, 11) is 0. The summed E-state index contributed by atoms with van der Waals surface area (Å²) in [5.74, 6) is -0.0226. The van der Waals surface area contributed by atoms with Crippen molar-refractivity contribution in [2.75, 3.05) is 29.9 Å². The van der Waals surface area contributed by atoms with E-state index in [1.54, 1.807) is 22.3 Å². The van der Waals surface area contributed by atoms with Gasteiger partial charge in [-0.05, 0) is 81.6 Å². The number of carbonyl (C=O) groups excluding carboxylic acids is 3. The van der Waals surface area contributed by atoms with E-state index in [0.717, 1.165) is 68.0 Å². The van der Waals surface area contributed by atoms with E-state index in [1.807, 2.05) is 49.4 Å². The van der Waals surface area contributed by atoms with Gasteiger partial charge in [0.15, 0.2) is 5.78 Å². The summed E-state index contributed by atoms with van der Waals surface area (Å²) < 4.78 is 0. The molecule has 2 aromatic carbocycles. The number of rotatable bonds is 6. The Morgan fingerprint density at radius 3 is 2.60 bits per heavy atom. The first-order valence-electron chi connectivity index (χ1n) is 14.8. The highest BCUT2D eigenvalue weighted by molar-refractivity contribution is 7.12. The number of allylic oxidation sites excluding steroid dienone is 2. The molecule has 8 rings (SSSR count). The normalized spacial score (nSPS) is 20.2. The van der Waals surface area contributed by atoms with Crippen molar-refractivity contribution in [3.05, 3.63) is 93.1 Å². The zero-order chi connectivity index (χ0) is 29.6. The molecule has 3 aromatic heterocycles. The number of likely N-dealkylation sites (tertiary alicyclic amines) is 1. The summed E-state index contributed by atoms with van der Waals surface area (Å²) in [6, 6.07) is 17.4. The van der Waals surface area contributed by atoms with Gasteiger partial charge in [0.2, 0.25) is 0 Å². The fourth-order valence-corrected chi connectivity index (χ4v) is 8.44. The first-order valence-corrected chi connectivity index (χ1v) is 15.6. The van der Waals surface area contributed by atoms with E-state index < -0.39 is 0 Å². The lowest BCUT2D eigenvalue weighted by atomic mass is 9.88. The van der Waals surface area contributed by atoms with E-state index in [1.165, 1.54) is 0 Å². The van der Waals surface area contributed by atoms with Crippen LogP contribution in [0.1, 0.15) is 61.4 Å². The van der Waals surface area contributed by atoms with Crippen LogP contribution in [0.2, 0.25) is 0 Å². The summed E-state index contributed by atoms with van der Waals surface area (Å²) in [6.45, 7) is 8.73. The van der Waals surface area contributed by atoms with Crippen molar-refractivity contribution in [2.24, 2.45) is 5.92 Å². The first-order chi connectivity index (χ1) is 20.8. The monoisotopic (exact) mass is 589 g/mol. The maximum atomic E-state index is 13.8. The van der Waals surface area contributed by atoms with Gasteiger partial charge in [-0.25, -0.2) is 0 Å². The number of thiophene rings is 1. The number of carbonyl (C=O) groups is 3. The van der Waals surface area contributed by atoms with Crippen LogP contribution in [0, 0.1) is 12.8 Å². The second kappa shape index (κ2) is 9.18. The van der Waals surface area contributed by atoms with Crippen LogP contribution in [0.15, 0.2) is 66.4 Å². The van der Waals surface area contributed by atoms with Gasteiger partial charge in [0.1, 0.15) is 11.4 Å². The molecule has 2 amide bonds. The number of H-pyrrole nitrogens is 2. The molecule has 0 radical (unpaired) electrons. The molecular formula is C34H31N5O3S. The van der Waals surface area contributed by atoms with E-state index in [-0.39, 0.29) is 23.0 Å². The van der Waals surface area contributed by atoms with Crippen molar-refractivity contribution in [3.63, 3.8) is 0 Å². The molecule has 8 nitrogen and oxygen atoms in total. The highest BCUT2D eigenvalue weighted by Gasteiger charge is 2.68. The fourth-order valence-electron chi connectivity index (χ4n) is 7.14. The molecule has 3 N–H and O–H groups in total. The van der Waals surface area contributed by atoms with Crippen LogP contribution >= 0.6 is 11.3 Å². The van der Waals surface area contributed by atoms with E-state index in [4.69, 9.17) is 0 Å². The lowest BCUT2D eigenvalue weighted by Crippen LogP contribution is -2.33. The summed E-state index contributed by atoms with van der Waals surface area (Å²) in [4.78, 5) is 52.7. The number of aromatic amines is 2. The molecule has 1 spiro atoms. The molecule has 2 fully saturated rings. The van der Waals surface area contributed by atoms with E-state index in [0.29, 0.717) is 29.5 Å². The van der Waals surface area contributed by atoms with Crippen LogP contribution < -0.4 is 10.2 Å². The number of piperidine rings is 1. The van der Waals surface area contributed by atoms with E-state index in [9.17, 15) is 14.4 Å². The van der Waals surface area contributed by atoms with Gasteiger partial charge in [0.05, 0.1) is 5.41 Å². The highest BCUT2D eigenvalue weighted by atomic mass is 32.1. The number of aryl methyl sites for hydroxylation is 1. The molecule has 1 saturated heterocycles. The number of hydrogen-bond donors (Lipinski definition) is 3. The number of aromatic nitrogens is 2. The first kappa shape index (κ1) is 26.0. The molecular weight excluding hydrogens is 558 g/mol. The van der Waals surface area contributed by atoms with Gasteiger partial charge >= 0.3 is 0 Å². The van der Waals surface area contributed by atoms with Gasteiger partial charge in [0, 0.05) is 79.9 Å².